The Morgan fingerprint density at radius 3 is 2.39 bits per heavy atom. The minimum Gasteiger partial charge on any atom is -0.399 e. The van der Waals surface area contributed by atoms with Crippen LogP contribution in [0.4, 0.5) is 17.2 Å². The second kappa shape index (κ2) is 4.36. The number of benzene rings is 1. The summed E-state index contributed by atoms with van der Waals surface area (Å²) in [5.41, 5.74) is 5.92. The van der Waals surface area contributed by atoms with E-state index in [0.717, 1.165) is 9.25 Å². The molecule has 18 heavy (non-hydrogen) atoms. The van der Waals surface area contributed by atoms with Crippen LogP contribution >= 0.6 is 0 Å². The topological polar surface area (TPSA) is 94.9 Å². The number of nitrogens with two attached hydrogens (primary N) is 1. The summed E-state index contributed by atoms with van der Waals surface area (Å²) < 4.78 is 2.09. The molecule has 0 aliphatic heterocycles. The van der Waals surface area contributed by atoms with E-state index in [4.69, 9.17) is 5.73 Å². The van der Waals surface area contributed by atoms with E-state index in [-0.39, 0.29) is 5.82 Å². The van der Waals surface area contributed by atoms with Gasteiger partial charge < -0.3 is 11.1 Å². The Hall–Kier alpha value is -2.57. The summed E-state index contributed by atoms with van der Waals surface area (Å²) in [6.07, 6.45) is 0. The molecular formula is C11H13N5O2. The Kier molecular flexibility index (Phi) is 2.88. The van der Waals surface area contributed by atoms with Crippen LogP contribution < -0.4 is 22.3 Å². The normalized spacial score (nSPS) is 10.3. The van der Waals surface area contributed by atoms with Gasteiger partial charge in [-0.05, 0) is 24.3 Å². The zero-order valence-corrected chi connectivity index (χ0v) is 10.0. The highest BCUT2D eigenvalue weighted by Gasteiger charge is 2.08. The van der Waals surface area contributed by atoms with E-state index in [0.29, 0.717) is 11.4 Å². The summed E-state index contributed by atoms with van der Waals surface area (Å²) in [5, 5.41) is 6.73. The lowest BCUT2D eigenvalue weighted by Crippen LogP contribution is -2.39. The molecule has 94 valence electrons. The highest BCUT2D eigenvalue weighted by Crippen LogP contribution is 2.13. The number of anilines is 3. The molecule has 0 amide bonds. The fraction of sp³-hybridized carbons (Fsp3) is 0.182. The van der Waals surface area contributed by atoms with E-state index >= 15 is 0 Å². The molecule has 2 rings (SSSR count). The van der Waals surface area contributed by atoms with Crippen molar-refractivity contribution in [3.05, 3.63) is 45.1 Å². The van der Waals surface area contributed by atoms with E-state index in [1.807, 2.05) is 0 Å². The average molecular weight is 247 g/mol. The number of nitrogens with zero attached hydrogens (tertiary/aromatic N) is 3. The number of nitrogens with one attached hydrogen (secondary N) is 1. The molecule has 7 nitrogen and oxygen atoms in total. The second-order valence-corrected chi connectivity index (χ2v) is 3.87. The Morgan fingerprint density at radius 2 is 1.78 bits per heavy atom. The van der Waals surface area contributed by atoms with Crippen LogP contribution in [0.5, 0.6) is 0 Å². The van der Waals surface area contributed by atoms with Gasteiger partial charge in [-0.25, -0.2) is 9.48 Å². The van der Waals surface area contributed by atoms with Gasteiger partial charge in [0.15, 0.2) is 0 Å². The van der Waals surface area contributed by atoms with Gasteiger partial charge in [-0.15, -0.1) is 5.10 Å². The van der Waals surface area contributed by atoms with Crippen LogP contribution in [0, 0.1) is 0 Å². The van der Waals surface area contributed by atoms with Crippen molar-refractivity contribution >= 4 is 17.2 Å². The molecule has 3 N–H and O–H groups in total. The maximum Gasteiger partial charge on any atom is 0.346 e. The van der Waals surface area contributed by atoms with Gasteiger partial charge in [0.1, 0.15) is 0 Å². The standard InChI is InChI=1S/C11H13N5O2/c1-15-10(17)9(14-16(2)11(15)18)13-8-5-3-7(12)4-6-8/h3-6H,12H2,1-2H3,(H,13,14). The highest BCUT2D eigenvalue weighted by atomic mass is 16.2. The minimum atomic E-state index is -0.477. The summed E-state index contributed by atoms with van der Waals surface area (Å²) in [6.45, 7) is 0. The lowest BCUT2D eigenvalue weighted by Gasteiger charge is -2.07. The van der Waals surface area contributed by atoms with Crippen molar-refractivity contribution in [2.45, 2.75) is 0 Å². The smallest absolute Gasteiger partial charge is 0.346 e. The van der Waals surface area contributed by atoms with Crippen molar-refractivity contribution < 1.29 is 0 Å². The third kappa shape index (κ3) is 2.10. The number of aromatic nitrogens is 3. The summed E-state index contributed by atoms with van der Waals surface area (Å²) in [5.74, 6) is 0.0874. The molecule has 0 atom stereocenters. The average Bonchev–Trinajstić information content (AvgIpc) is 2.36. The van der Waals surface area contributed by atoms with Crippen molar-refractivity contribution in [3.8, 4) is 0 Å². The predicted molar refractivity (Wildman–Crippen MR) is 68.9 cm³/mol. The van der Waals surface area contributed by atoms with Crippen LogP contribution in [0.2, 0.25) is 0 Å². The van der Waals surface area contributed by atoms with Crippen molar-refractivity contribution in [2.24, 2.45) is 14.1 Å². The van der Waals surface area contributed by atoms with Gasteiger partial charge in [0, 0.05) is 25.5 Å². The van der Waals surface area contributed by atoms with Crippen LogP contribution in [0.3, 0.4) is 0 Å². The molecule has 0 spiro atoms. The SMILES string of the molecule is Cn1nc(Nc2ccc(N)cc2)c(=O)n(C)c1=O. The molecule has 1 heterocycles. The largest absolute Gasteiger partial charge is 0.399 e. The molecule has 0 saturated carbocycles. The first-order chi connectivity index (χ1) is 8.49. The van der Waals surface area contributed by atoms with Gasteiger partial charge in [-0.2, -0.15) is 0 Å². The predicted octanol–water partition coefficient (Wildman–Crippen LogP) is -0.195. The van der Waals surface area contributed by atoms with Crippen LogP contribution in [0.1, 0.15) is 0 Å². The zero-order chi connectivity index (χ0) is 13.3. The van der Waals surface area contributed by atoms with Gasteiger partial charge >= 0.3 is 5.69 Å². The summed E-state index contributed by atoms with van der Waals surface area (Å²) in [4.78, 5) is 23.3. The number of hydrogen-bond donors (Lipinski definition) is 2. The maximum absolute atomic E-state index is 11.8. The zero-order valence-electron chi connectivity index (χ0n) is 10.0. The molecule has 0 aliphatic carbocycles. The third-order valence-electron chi connectivity index (χ3n) is 2.49. The van der Waals surface area contributed by atoms with E-state index in [9.17, 15) is 9.59 Å². The van der Waals surface area contributed by atoms with Crippen LogP contribution in [-0.4, -0.2) is 14.3 Å². The number of aryl methyl sites for hydroxylation is 1. The van der Waals surface area contributed by atoms with E-state index < -0.39 is 11.2 Å². The van der Waals surface area contributed by atoms with E-state index in [2.05, 4.69) is 10.4 Å². The van der Waals surface area contributed by atoms with Gasteiger partial charge in [-0.3, -0.25) is 9.36 Å². The maximum atomic E-state index is 11.8. The highest BCUT2D eigenvalue weighted by molar-refractivity contribution is 5.58. The molecule has 1 aromatic carbocycles. The Labute approximate surface area is 102 Å². The van der Waals surface area contributed by atoms with Crippen LogP contribution in [0.15, 0.2) is 33.9 Å². The van der Waals surface area contributed by atoms with Gasteiger partial charge in [-0.1, -0.05) is 0 Å². The quantitative estimate of drug-likeness (QED) is 0.717. The molecular weight excluding hydrogens is 234 g/mol. The summed E-state index contributed by atoms with van der Waals surface area (Å²) >= 11 is 0. The first-order valence-electron chi connectivity index (χ1n) is 5.26. The molecule has 7 heteroatoms. The molecule has 0 aliphatic rings. The van der Waals surface area contributed by atoms with Crippen molar-refractivity contribution in [1.82, 2.24) is 14.3 Å². The molecule has 2 aromatic rings. The lowest BCUT2D eigenvalue weighted by atomic mass is 10.3. The fourth-order valence-electron chi connectivity index (χ4n) is 1.48. The Bertz CT molecular complexity index is 684. The molecule has 0 fully saturated rings. The first kappa shape index (κ1) is 11.9. The molecule has 0 unspecified atom stereocenters. The fourth-order valence-corrected chi connectivity index (χ4v) is 1.48. The van der Waals surface area contributed by atoms with Gasteiger partial charge in [0.05, 0.1) is 0 Å². The Morgan fingerprint density at radius 1 is 1.17 bits per heavy atom. The molecule has 0 bridgehead atoms. The molecule has 1 aromatic heterocycles. The minimum absolute atomic E-state index is 0.0874. The van der Waals surface area contributed by atoms with E-state index in [1.54, 1.807) is 24.3 Å². The first-order valence-corrected chi connectivity index (χ1v) is 5.26. The van der Waals surface area contributed by atoms with Crippen LogP contribution in [0.25, 0.3) is 0 Å². The third-order valence-corrected chi connectivity index (χ3v) is 2.49. The van der Waals surface area contributed by atoms with Crippen LogP contribution in [-0.2, 0) is 14.1 Å². The second-order valence-electron chi connectivity index (χ2n) is 3.87. The van der Waals surface area contributed by atoms with Crippen molar-refractivity contribution in [2.75, 3.05) is 11.1 Å². The number of hydrogen-bond acceptors (Lipinski definition) is 5. The van der Waals surface area contributed by atoms with Gasteiger partial charge in [0.2, 0.25) is 5.82 Å². The summed E-state index contributed by atoms with van der Waals surface area (Å²) in [6, 6.07) is 6.85. The molecule has 0 saturated heterocycles. The summed E-state index contributed by atoms with van der Waals surface area (Å²) in [7, 11) is 2.89. The Balaban J connectivity index is 2.44. The van der Waals surface area contributed by atoms with Gasteiger partial charge in [0.25, 0.3) is 5.56 Å². The van der Waals surface area contributed by atoms with E-state index in [1.165, 1.54) is 14.1 Å². The van der Waals surface area contributed by atoms with Crippen molar-refractivity contribution in [3.63, 3.8) is 0 Å². The molecule has 0 radical (unpaired) electrons. The monoisotopic (exact) mass is 247 g/mol. The van der Waals surface area contributed by atoms with Crippen molar-refractivity contribution in [1.29, 1.82) is 0 Å². The lowest BCUT2D eigenvalue weighted by molar-refractivity contribution is 0.607. The number of nitrogen functional groups attached to an aromatic ring is 1. The number of rotatable bonds is 2.